The van der Waals surface area contributed by atoms with Gasteiger partial charge in [-0.25, -0.2) is 9.36 Å². The molecule has 0 aromatic carbocycles. The van der Waals surface area contributed by atoms with E-state index in [1.165, 1.54) is 6.08 Å². The van der Waals surface area contributed by atoms with Gasteiger partial charge in [0.25, 0.3) is 5.56 Å². The highest BCUT2D eigenvalue weighted by molar-refractivity contribution is 5.98. The van der Waals surface area contributed by atoms with E-state index in [-0.39, 0.29) is 17.7 Å². The van der Waals surface area contributed by atoms with Gasteiger partial charge < -0.3 is 9.84 Å². The van der Waals surface area contributed by atoms with Crippen LogP contribution in [0.4, 0.5) is 0 Å². The average Bonchev–Trinajstić information content (AvgIpc) is 2.84. The number of carbonyl (C=O) groups is 1. The number of esters is 1. The molecule has 0 unspecified atom stereocenters. The van der Waals surface area contributed by atoms with Gasteiger partial charge in [0.05, 0.1) is 6.61 Å². The lowest BCUT2D eigenvalue weighted by atomic mass is 10.0. The summed E-state index contributed by atoms with van der Waals surface area (Å²) in [7, 11) is 1.79. The van der Waals surface area contributed by atoms with Crippen LogP contribution >= 0.6 is 0 Å². The molecule has 0 radical (unpaired) electrons. The van der Waals surface area contributed by atoms with E-state index in [2.05, 4.69) is 10.2 Å². The highest BCUT2D eigenvalue weighted by Crippen LogP contribution is 2.21. The monoisotopic (exact) mass is 313 g/mol. The Labute approximate surface area is 132 Å². The third-order valence-electron chi connectivity index (χ3n) is 3.33. The van der Waals surface area contributed by atoms with E-state index < -0.39 is 5.97 Å². The number of hydrogen-bond acceptors (Lipinski definition) is 4. The molecule has 2 heterocycles. The fourth-order valence-electron chi connectivity index (χ4n) is 2.30. The number of nitrogens with zero attached hydrogens (tertiary/aromatic N) is 2. The first-order chi connectivity index (χ1) is 11.0. The molecule has 2 N–H and O–H groups in total. The zero-order valence-corrected chi connectivity index (χ0v) is 13.1. The largest absolute Gasteiger partial charge is 0.462 e. The number of rotatable bonds is 4. The fourth-order valence-corrected chi connectivity index (χ4v) is 2.30. The predicted octanol–water partition coefficient (Wildman–Crippen LogP) is 0.973. The maximum Gasteiger partial charge on any atom is 0.348 e. The Bertz CT molecular complexity index is 868. The summed E-state index contributed by atoms with van der Waals surface area (Å²) in [6.45, 7) is 3.62. The molecule has 0 amide bonds. The first-order valence-electron chi connectivity index (χ1n) is 7.04. The van der Waals surface area contributed by atoms with Crippen molar-refractivity contribution in [2.75, 3.05) is 6.61 Å². The number of nitriles is 1. The summed E-state index contributed by atoms with van der Waals surface area (Å²) in [5.74, 6) is -0.688. The van der Waals surface area contributed by atoms with Crippen molar-refractivity contribution in [3.05, 3.63) is 45.5 Å². The van der Waals surface area contributed by atoms with Gasteiger partial charge >= 0.3 is 5.97 Å². The molecular weight excluding hydrogens is 296 g/mol. The first-order valence-corrected chi connectivity index (χ1v) is 7.04. The van der Waals surface area contributed by atoms with Gasteiger partial charge in [-0.2, -0.15) is 5.26 Å². The Hall–Kier alpha value is -3.14. The lowest BCUT2D eigenvalue weighted by molar-refractivity contribution is -0.660. The van der Waals surface area contributed by atoms with Crippen LogP contribution in [0.1, 0.15) is 18.2 Å². The molecular formula is C16H17N4O3+. The average molecular weight is 313 g/mol. The summed E-state index contributed by atoms with van der Waals surface area (Å²) in [6, 6.07) is 5.34. The number of aryl methyl sites for hydroxylation is 2. The minimum absolute atomic E-state index is 0.121. The third kappa shape index (κ3) is 3.21. The van der Waals surface area contributed by atoms with Crippen LogP contribution in [-0.2, 0) is 16.6 Å². The van der Waals surface area contributed by atoms with Crippen LogP contribution in [0.15, 0.2) is 28.7 Å². The van der Waals surface area contributed by atoms with Crippen LogP contribution in [0.3, 0.4) is 0 Å². The van der Waals surface area contributed by atoms with Gasteiger partial charge in [-0.1, -0.05) is 0 Å². The quantitative estimate of drug-likeness (QED) is 0.380. The summed E-state index contributed by atoms with van der Waals surface area (Å²) < 4.78 is 6.63. The van der Waals surface area contributed by atoms with Gasteiger partial charge in [0, 0.05) is 17.3 Å². The SMILES string of the molecule is CCOC(=O)/C(C#N)=C\c1ccc[n+](C)c1-c1c(C)[nH][nH]c1=O. The number of H-pyrrole nitrogens is 2. The molecule has 23 heavy (non-hydrogen) atoms. The topological polar surface area (TPSA) is 103 Å². The van der Waals surface area contributed by atoms with E-state index in [0.29, 0.717) is 22.5 Å². The van der Waals surface area contributed by atoms with Gasteiger partial charge in [-0.3, -0.25) is 9.89 Å². The summed E-state index contributed by atoms with van der Waals surface area (Å²) in [4.78, 5) is 23.9. The Morgan fingerprint density at radius 1 is 1.48 bits per heavy atom. The lowest BCUT2D eigenvalue weighted by Gasteiger charge is -2.04. The number of pyridine rings is 1. The summed E-state index contributed by atoms with van der Waals surface area (Å²) in [5.41, 5.74) is 1.91. The molecule has 0 saturated carbocycles. The maximum atomic E-state index is 12.1. The van der Waals surface area contributed by atoms with Crippen molar-refractivity contribution >= 4 is 12.0 Å². The molecule has 2 rings (SSSR count). The number of aromatic amines is 2. The predicted molar refractivity (Wildman–Crippen MR) is 83.0 cm³/mol. The van der Waals surface area contributed by atoms with E-state index in [4.69, 9.17) is 4.74 Å². The number of hydrogen-bond donors (Lipinski definition) is 2. The van der Waals surface area contributed by atoms with Crippen LogP contribution in [0.25, 0.3) is 17.3 Å². The standard InChI is InChI=1S/C16H16N4O3/c1-4-23-16(22)12(9-17)8-11-6-5-7-20(3)14(11)13-10(2)18-19-15(13)21/h5-8H,4H2,1-3H3,(H,19,21)/p+1/b12-8-. The van der Waals surface area contributed by atoms with Crippen molar-refractivity contribution in [3.63, 3.8) is 0 Å². The van der Waals surface area contributed by atoms with Crippen molar-refractivity contribution in [1.82, 2.24) is 10.2 Å². The molecule has 0 aliphatic rings. The van der Waals surface area contributed by atoms with Crippen LogP contribution in [-0.4, -0.2) is 22.8 Å². The second kappa shape index (κ2) is 6.75. The molecule has 2 aromatic heterocycles. The van der Waals surface area contributed by atoms with Crippen LogP contribution in [0.5, 0.6) is 0 Å². The summed E-state index contributed by atoms with van der Waals surface area (Å²) in [5, 5.41) is 14.5. The zero-order valence-electron chi connectivity index (χ0n) is 13.1. The second-order valence-electron chi connectivity index (χ2n) is 4.89. The molecule has 7 nitrogen and oxygen atoms in total. The number of nitrogens with one attached hydrogen (secondary N) is 2. The molecule has 0 saturated heterocycles. The smallest absolute Gasteiger partial charge is 0.348 e. The van der Waals surface area contributed by atoms with E-state index in [0.717, 1.165) is 0 Å². The van der Waals surface area contributed by atoms with Crippen LogP contribution < -0.4 is 10.1 Å². The summed E-state index contributed by atoms with van der Waals surface area (Å²) in [6.07, 6.45) is 3.22. The van der Waals surface area contributed by atoms with Crippen LogP contribution in [0.2, 0.25) is 0 Å². The molecule has 7 heteroatoms. The molecule has 118 valence electrons. The Balaban J connectivity index is 2.66. The molecule has 0 bridgehead atoms. The maximum absolute atomic E-state index is 12.1. The Morgan fingerprint density at radius 2 is 2.22 bits per heavy atom. The zero-order chi connectivity index (χ0) is 17.0. The van der Waals surface area contributed by atoms with Crippen molar-refractivity contribution in [1.29, 1.82) is 5.26 Å². The van der Waals surface area contributed by atoms with Gasteiger partial charge in [0.1, 0.15) is 24.3 Å². The number of aromatic nitrogens is 3. The molecule has 2 aromatic rings. The first kappa shape index (κ1) is 16.2. The second-order valence-corrected chi connectivity index (χ2v) is 4.89. The van der Waals surface area contributed by atoms with Gasteiger partial charge in [0.15, 0.2) is 6.20 Å². The molecule has 0 atom stereocenters. The molecule has 0 fully saturated rings. The Kier molecular flexibility index (Phi) is 4.76. The highest BCUT2D eigenvalue weighted by Gasteiger charge is 2.22. The number of carbonyl (C=O) groups excluding carboxylic acids is 1. The lowest BCUT2D eigenvalue weighted by Crippen LogP contribution is -2.32. The molecule has 0 aliphatic heterocycles. The van der Waals surface area contributed by atoms with Crippen molar-refractivity contribution in [2.24, 2.45) is 7.05 Å². The van der Waals surface area contributed by atoms with E-state index >= 15 is 0 Å². The van der Waals surface area contributed by atoms with Crippen molar-refractivity contribution in [2.45, 2.75) is 13.8 Å². The highest BCUT2D eigenvalue weighted by atomic mass is 16.5. The number of ether oxygens (including phenoxy) is 1. The summed E-state index contributed by atoms with van der Waals surface area (Å²) >= 11 is 0. The van der Waals surface area contributed by atoms with Gasteiger partial charge in [-0.15, -0.1) is 0 Å². The van der Waals surface area contributed by atoms with Crippen LogP contribution in [0, 0.1) is 18.3 Å². The van der Waals surface area contributed by atoms with Gasteiger partial charge in [-0.05, 0) is 26.0 Å². The van der Waals surface area contributed by atoms with Gasteiger partial charge in [0.2, 0.25) is 5.69 Å². The van der Waals surface area contributed by atoms with E-state index in [1.54, 1.807) is 43.8 Å². The van der Waals surface area contributed by atoms with Crippen molar-refractivity contribution < 1.29 is 14.1 Å². The molecule has 0 aliphatic carbocycles. The fraction of sp³-hybridized carbons (Fsp3) is 0.250. The minimum Gasteiger partial charge on any atom is -0.462 e. The minimum atomic E-state index is -0.688. The van der Waals surface area contributed by atoms with E-state index in [1.807, 2.05) is 6.07 Å². The Morgan fingerprint density at radius 3 is 2.78 bits per heavy atom. The van der Waals surface area contributed by atoms with Crippen molar-refractivity contribution in [3.8, 4) is 17.3 Å². The third-order valence-corrected chi connectivity index (χ3v) is 3.33. The molecule has 0 spiro atoms. The van der Waals surface area contributed by atoms with E-state index in [9.17, 15) is 14.9 Å². The normalized spacial score (nSPS) is 11.1.